The molecule has 0 bridgehead atoms. The molecule has 2 saturated heterocycles. The summed E-state index contributed by atoms with van der Waals surface area (Å²) in [5.41, 5.74) is 0.320. The maximum Gasteiger partial charge on any atom is 0.147 e. The van der Waals surface area contributed by atoms with Crippen molar-refractivity contribution in [1.82, 2.24) is 20.2 Å². The molecule has 1 aromatic rings. The molecule has 1 saturated carbocycles. The van der Waals surface area contributed by atoms with Crippen LogP contribution in [0.5, 0.6) is 0 Å². The molecule has 0 radical (unpaired) electrons. The first kappa shape index (κ1) is 18.1. The van der Waals surface area contributed by atoms with Crippen molar-refractivity contribution in [2.45, 2.75) is 63.8 Å². The summed E-state index contributed by atoms with van der Waals surface area (Å²) in [6.45, 7) is 7.77. The standard InChI is InChI=1S/C20H33N5O/c1-14(2)19-20(13-24(19)3)10-16(17(26)11-20)23-15-4-8-25(9-5-15)18-12-21-6-7-22-18/h6-7,12,14-17,19,23,26H,4-5,8-11,13H2,1-3H3/t16-,17-,19?,20?/m1/s1. The van der Waals surface area contributed by atoms with Gasteiger partial charge in [0.05, 0.1) is 12.3 Å². The predicted molar refractivity (Wildman–Crippen MR) is 103 cm³/mol. The minimum absolute atomic E-state index is 0.206. The lowest BCUT2D eigenvalue weighted by Crippen LogP contribution is -2.64. The first-order valence-electron chi connectivity index (χ1n) is 10.1. The van der Waals surface area contributed by atoms with E-state index in [9.17, 15) is 5.11 Å². The molecular weight excluding hydrogens is 326 g/mol. The van der Waals surface area contributed by atoms with Gasteiger partial charge in [0, 0.05) is 55.6 Å². The SMILES string of the molecule is CC(C)C1N(C)CC12C[C@@H](O)[C@H](NC1CCN(c3cnccn3)CC1)C2. The second kappa shape index (κ2) is 7.06. The lowest BCUT2D eigenvalue weighted by Gasteiger charge is -2.57. The van der Waals surface area contributed by atoms with Crippen molar-refractivity contribution in [3.63, 3.8) is 0 Å². The molecule has 6 heteroatoms. The average molecular weight is 360 g/mol. The minimum Gasteiger partial charge on any atom is -0.391 e. The number of hydrogen-bond donors (Lipinski definition) is 2. The molecule has 3 aliphatic rings. The molecule has 4 atom stereocenters. The highest BCUT2D eigenvalue weighted by atomic mass is 16.3. The topological polar surface area (TPSA) is 64.5 Å². The molecule has 26 heavy (non-hydrogen) atoms. The van der Waals surface area contributed by atoms with E-state index in [2.05, 4.69) is 46.0 Å². The maximum atomic E-state index is 10.7. The molecule has 4 rings (SSSR count). The summed E-state index contributed by atoms with van der Waals surface area (Å²) in [4.78, 5) is 13.4. The molecule has 0 amide bonds. The van der Waals surface area contributed by atoms with Gasteiger partial charge in [0.2, 0.25) is 0 Å². The Balaban J connectivity index is 1.32. The highest BCUT2D eigenvalue weighted by Gasteiger charge is 2.58. The van der Waals surface area contributed by atoms with Gasteiger partial charge in [0.25, 0.3) is 0 Å². The van der Waals surface area contributed by atoms with Gasteiger partial charge >= 0.3 is 0 Å². The smallest absolute Gasteiger partial charge is 0.147 e. The summed E-state index contributed by atoms with van der Waals surface area (Å²) in [7, 11) is 2.23. The zero-order valence-electron chi connectivity index (χ0n) is 16.3. The largest absolute Gasteiger partial charge is 0.391 e. The van der Waals surface area contributed by atoms with Crippen molar-refractivity contribution in [2.75, 3.05) is 31.6 Å². The summed E-state index contributed by atoms with van der Waals surface area (Å²) in [6, 6.07) is 1.36. The van der Waals surface area contributed by atoms with E-state index in [1.54, 1.807) is 12.4 Å². The molecule has 6 nitrogen and oxygen atoms in total. The molecule has 3 fully saturated rings. The molecular formula is C20H33N5O. The van der Waals surface area contributed by atoms with Gasteiger partial charge in [-0.25, -0.2) is 4.98 Å². The van der Waals surface area contributed by atoms with Crippen LogP contribution in [-0.4, -0.2) is 70.9 Å². The third-order valence-electron chi connectivity index (χ3n) is 6.82. The number of aliphatic hydroxyl groups is 1. The summed E-state index contributed by atoms with van der Waals surface area (Å²) in [6.07, 6.45) is 9.38. The van der Waals surface area contributed by atoms with Gasteiger partial charge in [-0.3, -0.25) is 4.98 Å². The van der Waals surface area contributed by atoms with Crippen LogP contribution in [0.4, 0.5) is 5.82 Å². The summed E-state index contributed by atoms with van der Waals surface area (Å²) < 4.78 is 0. The summed E-state index contributed by atoms with van der Waals surface area (Å²) >= 11 is 0. The van der Waals surface area contributed by atoms with Crippen molar-refractivity contribution in [3.05, 3.63) is 18.6 Å². The lowest BCUT2D eigenvalue weighted by atomic mass is 9.66. The Morgan fingerprint density at radius 2 is 2.00 bits per heavy atom. The third kappa shape index (κ3) is 3.23. The van der Waals surface area contributed by atoms with Gasteiger partial charge in [-0.1, -0.05) is 13.8 Å². The van der Waals surface area contributed by atoms with Crippen molar-refractivity contribution in [3.8, 4) is 0 Å². The number of nitrogens with one attached hydrogen (secondary N) is 1. The number of aromatic nitrogens is 2. The highest BCUT2D eigenvalue weighted by molar-refractivity contribution is 5.35. The number of anilines is 1. The fraction of sp³-hybridized carbons (Fsp3) is 0.800. The van der Waals surface area contributed by atoms with Gasteiger partial charge in [0.1, 0.15) is 5.82 Å². The zero-order valence-corrected chi connectivity index (χ0v) is 16.3. The van der Waals surface area contributed by atoms with E-state index in [0.29, 0.717) is 23.4 Å². The Morgan fingerprint density at radius 1 is 1.23 bits per heavy atom. The maximum absolute atomic E-state index is 10.7. The molecule has 144 valence electrons. The van der Waals surface area contributed by atoms with Crippen LogP contribution in [0.3, 0.4) is 0 Å². The zero-order chi connectivity index (χ0) is 18.3. The van der Waals surface area contributed by atoms with Crippen molar-refractivity contribution < 1.29 is 5.11 Å². The molecule has 2 unspecified atom stereocenters. The average Bonchev–Trinajstić information content (AvgIpc) is 2.93. The first-order chi connectivity index (χ1) is 12.5. The Kier molecular flexibility index (Phi) is 4.92. The normalized spacial score (nSPS) is 36.0. The van der Waals surface area contributed by atoms with Crippen LogP contribution in [0.2, 0.25) is 0 Å². The van der Waals surface area contributed by atoms with E-state index < -0.39 is 0 Å². The van der Waals surface area contributed by atoms with Crippen molar-refractivity contribution in [1.29, 1.82) is 0 Å². The summed E-state index contributed by atoms with van der Waals surface area (Å²) in [5, 5.41) is 14.5. The van der Waals surface area contributed by atoms with Crippen molar-refractivity contribution >= 4 is 5.82 Å². The quantitative estimate of drug-likeness (QED) is 0.850. The van der Waals surface area contributed by atoms with Crippen LogP contribution in [0.25, 0.3) is 0 Å². The molecule has 1 aliphatic carbocycles. The van der Waals surface area contributed by atoms with E-state index in [1.807, 2.05) is 6.20 Å². The first-order valence-corrected chi connectivity index (χ1v) is 10.1. The van der Waals surface area contributed by atoms with E-state index in [1.165, 1.54) is 0 Å². The number of aliphatic hydroxyl groups excluding tert-OH is 1. The molecule has 3 heterocycles. The van der Waals surface area contributed by atoms with Crippen molar-refractivity contribution in [2.24, 2.45) is 11.3 Å². The second-order valence-corrected chi connectivity index (χ2v) is 9.04. The molecule has 2 N–H and O–H groups in total. The highest BCUT2D eigenvalue weighted by Crippen LogP contribution is 2.52. The van der Waals surface area contributed by atoms with Crippen LogP contribution < -0.4 is 10.2 Å². The van der Waals surface area contributed by atoms with Gasteiger partial charge < -0.3 is 20.2 Å². The van der Waals surface area contributed by atoms with E-state index in [-0.39, 0.29) is 12.1 Å². The third-order valence-corrected chi connectivity index (χ3v) is 6.82. The minimum atomic E-state index is -0.206. The van der Waals surface area contributed by atoms with Gasteiger partial charge in [-0.15, -0.1) is 0 Å². The lowest BCUT2D eigenvalue weighted by molar-refractivity contribution is -0.0828. The number of nitrogens with zero attached hydrogens (tertiary/aromatic N) is 4. The number of piperidine rings is 1. The Bertz CT molecular complexity index is 599. The Hall–Kier alpha value is -1.24. The predicted octanol–water partition coefficient (Wildman–Crippen LogP) is 1.51. The monoisotopic (exact) mass is 359 g/mol. The number of likely N-dealkylation sites (tertiary alicyclic amines) is 1. The van der Waals surface area contributed by atoms with E-state index >= 15 is 0 Å². The fourth-order valence-electron chi connectivity index (χ4n) is 6.05. The Morgan fingerprint density at radius 3 is 2.62 bits per heavy atom. The fourth-order valence-corrected chi connectivity index (χ4v) is 6.05. The molecule has 1 aromatic heterocycles. The Labute approximate surface area is 157 Å². The van der Waals surface area contributed by atoms with Gasteiger partial charge in [0.15, 0.2) is 0 Å². The van der Waals surface area contributed by atoms with Crippen LogP contribution in [0.1, 0.15) is 39.5 Å². The second-order valence-electron chi connectivity index (χ2n) is 9.04. The van der Waals surface area contributed by atoms with E-state index in [4.69, 9.17) is 0 Å². The molecule has 2 aliphatic heterocycles. The van der Waals surface area contributed by atoms with Crippen LogP contribution >= 0.6 is 0 Å². The number of rotatable bonds is 4. The number of hydrogen-bond acceptors (Lipinski definition) is 6. The summed E-state index contributed by atoms with van der Waals surface area (Å²) in [5.74, 6) is 1.62. The molecule has 0 aromatic carbocycles. The van der Waals surface area contributed by atoms with Gasteiger partial charge in [-0.05, 0) is 38.6 Å². The van der Waals surface area contributed by atoms with Crippen LogP contribution in [-0.2, 0) is 0 Å². The van der Waals surface area contributed by atoms with Crippen LogP contribution in [0, 0.1) is 11.3 Å². The van der Waals surface area contributed by atoms with Gasteiger partial charge in [-0.2, -0.15) is 0 Å². The van der Waals surface area contributed by atoms with Crippen LogP contribution in [0.15, 0.2) is 18.6 Å². The van der Waals surface area contributed by atoms with E-state index in [0.717, 1.165) is 51.1 Å². The molecule has 1 spiro atoms.